The summed E-state index contributed by atoms with van der Waals surface area (Å²) in [5.41, 5.74) is -4.56. The fourth-order valence-electron chi connectivity index (χ4n) is 7.75. The normalized spacial score (nSPS) is 32.4. The van der Waals surface area contributed by atoms with E-state index in [4.69, 9.17) is 0 Å². The molecule has 0 radical (unpaired) electrons. The number of hydrogen-bond donors (Lipinski definition) is 0. The molecule has 3 rings (SSSR count). The summed E-state index contributed by atoms with van der Waals surface area (Å²) in [6.45, 7) is 10.1. The van der Waals surface area contributed by atoms with Crippen LogP contribution in [-0.2, 0) is 9.47 Å². The van der Waals surface area contributed by atoms with E-state index in [0.29, 0.717) is 55.3 Å². The zero-order chi connectivity index (χ0) is 27.1. The minimum absolute atomic E-state index is 0.136. The van der Waals surface area contributed by atoms with E-state index in [-0.39, 0.29) is 24.4 Å². The first-order valence-corrected chi connectivity index (χ1v) is 13.6. The first kappa shape index (κ1) is 29.4. The first-order chi connectivity index (χ1) is 16.6. The highest BCUT2D eigenvalue weighted by atomic mass is 19.4. The molecule has 3 saturated carbocycles. The largest absolute Gasteiger partial charge is 0.509 e. The van der Waals surface area contributed by atoms with Crippen LogP contribution >= 0.6 is 0 Å². The van der Waals surface area contributed by atoms with Crippen LogP contribution in [0.5, 0.6) is 0 Å². The minimum Gasteiger partial charge on any atom is -0.434 e. The molecular weight excluding hydrogens is 486 g/mol. The second-order valence-electron chi connectivity index (χ2n) is 12.3. The molecule has 0 aromatic heterocycles. The number of hydrogen-bond acceptors (Lipinski definition) is 3. The van der Waals surface area contributed by atoms with E-state index in [1.54, 1.807) is 6.92 Å². The van der Waals surface area contributed by atoms with Crippen molar-refractivity contribution in [2.24, 2.45) is 53.3 Å². The molecule has 9 heteroatoms. The second kappa shape index (κ2) is 10.9. The van der Waals surface area contributed by atoms with Gasteiger partial charge >= 0.3 is 24.1 Å². The third-order valence-corrected chi connectivity index (χ3v) is 9.29. The Morgan fingerprint density at radius 3 is 2.08 bits per heavy atom. The van der Waals surface area contributed by atoms with E-state index in [0.717, 1.165) is 19.3 Å². The average molecular weight is 529 g/mol. The van der Waals surface area contributed by atoms with Gasteiger partial charge in [-0.3, -0.25) is 0 Å². The van der Waals surface area contributed by atoms with Crippen LogP contribution in [0.1, 0.15) is 86.0 Å². The van der Waals surface area contributed by atoms with Gasteiger partial charge in [-0.05, 0) is 85.4 Å². The third kappa shape index (κ3) is 5.64. The van der Waals surface area contributed by atoms with Crippen LogP contribution in [0.25, 0.3) is 0 Å². The molecule has 0 aliphatic heterocycles. The molecule has 0 spiro atoms. The highest BCUT2D eigenvalue weighted by Crippen LogP contribution is 2.68. The van der Waals surface area contributed by atoms with Gasteiger partial charge in [0.1, 0.15) is 0 Å². The molecule has 3 nitrogen and oxygen atoms in total. The minimum atomic E-state index is -5.80. The molecule has 2 bridgehead atoms. The summed E-state index contributed by atoms with van der Waals surface area (Å²) in [6.07, 6.45) is -9.93. The molecule has 7 atom stereocenters. The van der Waals surface area contributed by atoms with Crippen LogP contribution in [0.15, 0.2) is 0 Å². The molecular formula is C27H42F6O3. The summed E-state index contributed by atoms with van der Waals surface area (Å²) in [7, 11) is 0. The van der Waals surface area contributed by atoms with Crippen molar-refractivity contribution in [1.29, 1.82) is 0 Å². The van der Waals surface area contributed by atoms with E-state index in [1.165, 1.54) is 0 Å². The Morgan fingerprint density at radius 2 is 1.56 bits per heavy atom. The number of ether oxygens (including phenoxy) is 2. The van der Waals surface area contributed by atoms with Gasteiger partial charge in [0.05, 0.1) is 6.61 Å². The lowest BCUT2D eigenvalue weighted by atomic mass is 9.67. The zero-order valence-electron chi connectivity index (χ0n) is 22.1. The average Bonchev–Trinajstić information content (AvgIpc) is 3.41. The van der Waals surface area contributed by atoms with Crippen molar-refractivity contribution in [3.05, 3.63) is 0 Å². The smallest absolute Gasteiger partial charge is 0.434 e. The predicted molar refractivity (Wildman–Crippen MR) is 124 cm³/mol. The number of carbonyl (C=O) groups is 1. The Balaban J connectivity index is 1.87. The summed E-state index contributed by atoms with van der Waals surface area (Å²) in [4.78, 5) is 12.0. The van der Waals surface area contributed by atoms with Crippen molar-refractivity contribution in [2.45, 2.75) is 104 Å². The maximum absolute atomic E-state index is 14.2. The predicted octanol–water partition coefficient (Wildman–Crippen LogP) is 8.81. The number of carbonyl (C=O) groups excluding carboxylic acids is 1. The second-order valence-corrected chi connectivity index (χ2v) is 12.3. The van der Waals surface area contributed by atoms with Crippen LogP contribution < -0.4 is 0 Å². The monoisotopic (exact) mass is 528 g/mol. The summed E-state index contributed by atoms with van der Waals surface area (Å²) in [5.74, 6) is 1.37. The van der Waals surface area contributed by atoms with Crippen LogP contribution in [0, 0.1) is 53.3 Å². The fourth-order valence-corrected chi connectivity index (χ4v) is 7.75. The molecule has 3 aliphatic rings. The molecule has 0 saturated heterocycles. The first-order valence-electron chi connectivity index (χ1n) is 13.6. The maximum Gasteiger partial charge on any atom is 0.509 e. The van der Waals surface area contributed by atoms with Crippen molar-refractivity contribution >= 4 is 6.16 Å². The lowest BCUT2D eigenvalue weighted by molar-refractivity contribution is -0.373. The van der Waals surface area contributed by atoms with Gasteiger partial charge < -0.3 is 9.47 Å². The SMILES string of the molecule is CCCCOC(=O)OC(CC1CC2CC1C1C(CCC(C)C)CC(C(C)C)C21)(C(F)(F)F)C(F)(F)F. The van der Waals surface area contributed by atoms with Gasteiger partial charge in [-0.1, -0.05) is 47.5 Å². The van der Waals surface area contributed by atoms with Crippen LogP contribution in [0.3, 0.4) is 0 Å². The van der Waals surface area contributed by atoms with Gasteiger partial charge in [0.25, 0.3) is 0 Å². The number of fused-ring (bicyclic) bond motifs is 5. The van der Waals surface area contributed by atoms with Crippen molar-refractivity contribution in [3.8, 4) is 0 Å². The topological polar surface area (TPSA) is 35.5 Å². The van der Waals surface area contributed by atoms with Crippen LogP contribution in [0.2, 0.25) is 0 Å². The van der Waals surface area contributed by atoms with Crippen LogP contribution in [-0.4, -0.2) is 30.7 Å². The van der Waals surface area contributed by atoms with Gasteiger partial charge in [-0.15, -0.1) is 0 Å². The Bertz CT molecular complexity index is 733. The highest BCUT2D eigenvalue weighted by molar-refractivity contribution is 5.61. The Kier molecular flexibility index (Phi) is 8.92. The quantitative estimate of drug-likeness (QED) is 0.161. The lowest BCUT2D eigenvalue weighted by Crippen LogP contribution is -2.61. The third-order valence-electron chi connectivity index (χ3n) is 9.29. The van der Waals surface area contributed by atoms with E-state index in [2.05, 4.69) is 37.2 Å². The standard InChI is InChI=1S/C27H42F6O3/c1-6-7-10-35-24(34)36-25(26(28,29)30,27(31,32)33)14-19-11-18-13-21(19)22-17(9-8-15(2)3)12-20(16(4)5)23(18)22/h15-23H,6-14H2,1-5H3. The summed E-state index contributed by atoms with van der Waals surface area (Å²) in [5, 5.41) is 0. The Hall–Kier alpha value is -1.15. The maximum atomic E-state index is 14.2. The molecule has 0 aromatic rings. The summed E-state index contributed by atoms with van der Waals surface area (Å²) < 4.78 is 93.9. The van der Waals surface area contributed by atoms with Crippen LogP contribution in [0.4, 0.5) is 31.1 Å². The van der Waals surface area contributed by atoms with Gasteiger partial charge in [-0.25, -0.2) is 4.79 Å². The molecule has 3 aliphatic carbocycles. The number of unbranched alkanes of at least 4 members (excludes halogenated alkanes) is 1. The summed E-state index contributed by atoms with van der Waals surface area (Å²) >= 11 is 0. The summed E-state index contributed by atoms with van der Waals surface area (Å²) in [6, 6.07) is 0. The number of halogens is 6. The molecule has 0 aromatic carbocycles. The van der Waals surface area contributed by atoms with E-state index in [1.807, 2.05) is 0 Å². The number of rotatable bonds is 10. The Labute approximate surface area is 211 Å². The highest BCUT2D eigenvalue weighted by Gasteiger charge is 2.76. The van der Waals surface area contributed by atoms with Gasteiger partial charge in [-0.2, -0.15) is 26.3 Å². The Morgan fingerprint density at radius 1 is 0.917 bits per heavy atom. The molecule has 0 amide bonds. The van der Waals surface area contributed by atoms with Crippen molar-refractivity contribution in [2.75, 3.05) is 6.61 Å². The van der Waals surface area contributed by atoms with Gasteiger partial charge in [0, 0.05) is 6.42 Å². The van der Waals surface area contributed by atoms with Crippen molar-refractivity contribution < 1.29 is 40.6 Å². The lowest BCUT2D eigenvalue weighted by Gasteiger charge is -2.42. The van der Waals surface area contributed by atoms with E-state index >= 15 is 0 Å². The van der Waals surface area contributed by atoms with Gasteiger partial charge in [0.15, 0.2) is 0 Å². The fraction of sp³-hybridized carbons (Fsp3) is 0.963. The van der Waals surface area contributed by atoms with Crippen molar-refractivity contribution in [3.63, 3.8) is 0 Å². The van der Waals surface area contributed by atoms with Crippen molar-refractivity contribution in [1.82, 2.24) is 0 Å². The molecule has 7 unspecified atom stereocenters. The molecule has 210 valence electrons. The van der Waals surface area contributed by atoms with E-state index in [9.17, 15) is 31.1 Å². The molecule has 0 heterocycles. The molecule has 3 fully saturated rings. The molecule has 0 N–H and O–H groups in total. The zero-order valence-corrected chi connectivity index (χ0v) is 22.1. The molecule has 36 heavy (non-hydrogen) atoms. The number of alkyl halides is 6. The van der Waals surface area contributed by atoms with Gasteiger partial charge in [0.2, 0.25) is 0 Å². The van der Waals surface area contributed by atoms with E-state index < -0.39 is 36.4 Å².